The molecule has 1 saturated heterocycles. The van der Waals surface area contributed by atoms with Crippen molar-refractivity contribution in [1.82, 2.24) is 14.8 Å². The Labute approximate surface area is 151 Å². The predicted octanol–water partition coefficient (Wildman–Crippen LogP) is 1.85. The minimum Gasteiger partial charge on any atom is -0.385 e. The molecule has 1 amide bonds. The zero-order chi connectivity index (χ0) is 18.5. The van der Waals surface area contributed by atoms with Crippen LogP contribution >= 0.6 is 0 Å². The number of para-hydroxylation sites is 1. The van der Waals surface area contributed by atoms with Crippen molar-refractivity contribution in [3.63, 3.8) is 0 Å². The van der Waals surface area contributed by atoms with Crippen molar-refractivity contribution in [3.05, 3.63) is 46.0 Å². The van der Waals surface area contributed by atoms with E-state index >= 15 is 0 Å². The van der Waals surface area contributed by atoms with E-state index in [0.717, 1.165) is 39.1 Å². The van der Waals surface area contributed by atoms with E-state index in [4.69, 9.17) is 4.74 Å². The Bertz CT molecular complexity index is 828. The highest BCUT2D eigenvalue weighted by molar-refractivity contribution is 5.97. The molecular formula is C19H24FN3O3. The largest absolute Gasteiger partial charge is 0.385 e. The number of unbranched alkanes of at least 4 members (excludes halogenated alkanes) is 1. The van der Waals surface area contributed by atoms with Crippen LogP contribution in [0.3, 0.4) is 0 Å². The Morgan fingerprint density at radius 3 is 2.73 bits per heavy atom. The van der Waals surface area contributed by atoms with Gasteiger partial charge >= 0.3 is 0 Å². The molecule has 0 radical (unpaired) electrons. The van der Waals surface area contributed by atoms with Gasteiger partial charge in [0.25, 0.3) is 5.91 Å². The molecule has 0 atom stereocenters. The molecule has 0 spiro atoms. The van der Waals surface area contributed by atoms with Crippen molar-refractivity contribution < 1.29 is 13.9 Å². The maximum absolute atomic E-state index is 13.8. The van der Waals surface area contributed by atoms with Gasteiger partial charge in [-0.25, -0.2) is 4.39 Å². The summed E-state index contributed by atoms with van der Waals surface area (Å²) in [6.45, 7) is 4.51. The fraction of sp³-hybridized carbons (Fsp3) is 0.474. The average molecular weight is 361 g/mol. The van der Waals surface area contributed by atoms with Crippen LogP contribution in [0.25, 0.3) is 10.9 Å². The van der Waals surface area contributed by atoms with Gasteiger partial charge in [0.1, 0.15) is 11.4 Å². The molecule has 0 unspecified atom stereocenters. The Morgan fingerprint density at radius 2 is 2.00 bits per heavy atom. The maximum Gasteiger partial charge on any atom is 0.259 e. The molecule has 2 heterocycles. The third-order valence-electron chi connectivity index (χ3n) is 4.83. The van der Waals surface area contributed by atoms with Crippen molar-refractivity contribution in [1.29, 1.82) is 0 Å². The van der Waals surface area contributed by atoms with Gasteiger partial charge in [-0.15, -0.1) is 0 Å². The fourth-order valence-electron chi connectivity index (χ4n) is 3.30. The van der Waals surface area contributed by atoms with E-state index in [0.29, 0.717) is 13.1 Å². The summed E-state index contributed by atoms with van der Waals surface area (Å²) < 4.78 is 18.8. The summed E-state index contributed by atoms with van der Waals surface area (Å²) in [4.78, 5) is 32.1. The third-order valence-corrected chi connectivity index (χ3v) is 4.83. The highest BCUT2D eigenvalue weighted by Crippen LogP contribution is 2.14. The lowest BCUT2D eigenvalue weighted by atomic mass is 10.1. The topological polar surface area (TPSA) is 65.6 Å². The summed E-state index contributed by atoms with van der Waals surface area (Å²) in [5, 5.41) is 0.202. The SMILES string of the molecule is COCCCCN1CCN(C(=O)c2c[nH]c3c(F)cccc3c2=O)CC1. The molecule has 3 rings (SSSR count). The van der Waals surface area contributed by atoms with Crippen LogP contribution in [0, 0.1) is 5.82 Å². The van der Waals surface area contributed by atoms with E-state index in [1.807, 2.05) is 0 Å². The van der Waals surface area contributed by atoms with Crippen molar-refractivity contribution in [2.75, 3.05) is 46.4 Å². The first-order valence-electron chi connectivity index (χ1n) is 8.92. The summed E-state index contributed by atoms with van der Waals surface area (Å²) in [6.07, 6.45) is 3.42. The second kappa shape index (κ2) is 8.42. The maximum atomic E-state index is 13.8. The number of aromatic nitrogens is 1. The van der Waals surface area contributed by atoms with Crippen LogP contribution in [0.15, 0.2) is 29.2 Å². The molecule has 0 aliphatic carbocycles. The van der Waals surface area contributed by atoms with Gasteiger partial charge in [-0.2, -0.15) is 0 Å². The number of ether oxygens (including phenoxy) is 1. The van der Waals surface area contributed by atoms with Gasteiger partial charge in [0, 0.05) is 51.5 Å². The van der Waals surface area contributed by atoms with Gasteiger partial charge in [-0.1, -0.05) is 6.07 Å². The number of H-pyrrole nitrogens is 1. The number of fused-ring (bicyclic) bond motifs is 1. The van der Waals surface area contributed by atoms with Crippen LogP contribution in [0.2, 0.25) is 0 Å². The number of carbonyl (C=O) groups excluding carboxylic acids is 1. The number of aromatic amines is 1. The summed E-state index contributed by atoms with van der Waals surface area (Å²) >= 11 is 0. The minimum absolute atomic E-state index is 0.0663. The lowest BCUT2D eigenvalue weighted by Gasteiger charge is -2.34. The van der Waals surface area contributed by atoms with Gasteiger partial charge in [0.2, 0.25) is 5.43 Å². The second-order valence-corrected chi connectivity index (χ2v) is 6.53. The van der Waals surface area contributed by atoms with Gasteiger partial charge < -0.3 is 14.6 Å². The molecule has 1 aromatic carbocycles. The van der Waals surface area contributed by atoms with Gasteiger partial charge in [-0.05, 0) is 31.5 Å². The number of amides is 1. The van der Waals surface area contributed by atoms with E-state index < -0.39 is 11.2 Å². The summed E-state index contributed by atoms with van der Waals surface area (Å²) in [5.41, 5.74) is -0.225. The Kier molecular flexibility index (Phi) is 6.00. The average Bonchev–Trinajstić information content (AvgIpc) is 2.66. The van der Waals surface area contributed by atoms with Crippen LogP contribution < -0.4 is 5.43 Å². The molecule has 140 valence electrons. The number of nitrogens with one attached hydrogen (secondary N) is 1. The number of hydrogen-bond acceptors (Lipinski definition) is 4. The number of rotatable bonds is 6. The van der Waals surface area contributed by atoms with E-state index in [1.165, 1.54) is 24.4 Å². The highest BCUT2D eigenvalue weighted by Gasteiger charge is 2.24. The molecule has 6 nitrogen and oxygen atoms in total. The molecule has 1 aliphatic rings. The first-order valence-corrected chi connectivity index (χ1v) is 8.92. The first kappa shape index (κ1) is 18.5. The van der Waals surface area contributed by atoms with Crippen molar-refractivity contribution in [3.8, 4) is 0 Å². The normalized spacial score (nSPS) is 15.5. The smallest absolute Gasteiger partial charge is 0.259 e. The molecule has 1 aromatic heterocycles. The number of benzene rings is 1. The van der Waals surface area contributed by atoms with Gasteiger partial charge in [-0.3, -0.25) is 14.5 Å². The molecular weight excluding hydrogens is 337 g/mol. The fourth-order valence-corrected chi connectivity index (χ4v) is 3.30. The molecule has 26 heavy (non-hydrogen) atoms. The Hall–Kier alpha value is -2.25. The molecule has 0 saturated carbocycles. The van der Waals surface area contributed by atoms with E-state index in [-0.39, 0.29) is 22.4 Å². The number of carbonyl (C=O) groups is 1. The van der Waals surface area contributed by atoms with E-state index in [1.54, 1.807) is 12.0 Å². The van der Waals surface area contributed by atoms with Crippen LogP contribution in [0.4, 0.5) is 4.39 Å². The Morgan fingerprint density at radius 1 is 1.23 bits per heavy atom. The standard InChI is InChI=1S/C19H24FN3O3/c1-26-12-3-2-7-22-8-10-23(11-9-22)19(25)15-13-21-17-14(18(15)24)5-4-6-16(17)20/h4-6,13H,2-3,7-12H2,1H3,(H,21,24). The van der Waals surface area contributed by atoms with Crippen LogP contribution in [0.5, 0.6) is 0 Å². The lowest BCUT2D eigenvalue weighted by molar-refractivity contribution is 0.0631. The molecule has 2 aromatic rings. The molecule has 0 bridgehead atoms. The lowest BCUT2D eigenvalue weighted by Crippen LogP contribution is -2.49. The molecule has 1 aliphatic heterocycles. The number of piperazine rings is 1. The monoisotopic (exact) mass is 361 g/mol. The summed E-state index contributed by atoms with van der Waals surface area (Å²) in [6, 6.07) is 4.29. The van der Waals surface area contributed by atoms with Crippen molar-refractivity contribution in [2.24, 2.45) is 0 Å². The Balaban J connectivity index is 1.65. The first-order chi connectivity index (χ1) is 12.6. The van der Waals surface area contributed by atoms with Crippen LogP contribution in [-0.4, -0.2) is 67.1 Å². The van der Waals surface area contributed by atoms with Crippen molar-refractivity contribution in [2.45, 2.75) is 12.8 Å². The number of methoxy groups -OCH3 is 1. The number of halogens is 1. The van der Waals surface area contributed by atoms with Crippen LogP contribution in [-0.2, 0) is 4.74 Å². The summed E-state index contributed by atoms with van der Waals surface area (Å²) in [5.74, 6) is -0.794. The van der Waals surface area contributed by atoms with Crippen molar-refractivity contribution >= 4 is 16.8 Å². The van der Waals surface area contributed by atoms with Crippen LogP contribution in [0.1, 0.15) is 23.2 Å². The molecule has 7 heteroatoms. The molecule has 1 N–H and O–H groups in total. The minimum atomic E-state index is -0.499. The summed E-state index contributed by atoms with van der Waals surface area (Å²) in [7, 11) is 1.70. The van der Waals surface area contributed by atoms with Gasteiger partial charge in [0.05, 0.1) is 5.52 Å². The second-order valence-electron chi connectivity index (χ2n) is 6.53. The van der Waals surface area contributed by atoms with E-state index in [9.17, 15) is 14.0 Å². The quantitative estimate of drug-likeness (QED) is 0.798. The highest BCUT2D eigenvalue weighted by atomic mass is 19.1. The molecule has 1 fully saturated rings. The number of hydrogen-bond donors (Lipinski definition) is 1. The van der Waals surface area contributed by atoms with E-state index in [2.05, 4.69) is 9.88 Å². The number of pyridine rings is 1. The zero-order valence-corrected chi connectivity index (χ0v) is 15.0. The third kappa shape index (κ3) is 3.94. The van der Waals surface area contributed by atoms with Gasteiger partial charge in [0.15, 0.2) is 0 Å². The predicted molar refractivity (Wildman–Crippen MR) is 98.0 cm³/mol. The zero-order valence-electron chi connectivity index (χ0n) is 15.0. The number of nitrogens with zero attached hydrogens (tertiary/aromatic N) is 2.